The van der Waals surface area contributed by atoms with E-state index in [1.807, 2.05) is 43.8 Å². The maximum Gasteiger partial charge on any atom is 0.410 e. The lowest BCUT2D eigenvalue weighted by Gasteiger charge is -2.40. The van der Waals surface area contributed by atoms with E-state index in [1.165, 1.54) is 11.1 Å². The van der Waals surface area contributed by atoms with E-state index in [0.717, 1.165) is 30.1 Å². The molecule has 184 valence electrons. The first kappa shape index (κ1) is 23.4. The summed E-state index contributed by atoms with van der Waals surface area (Å²) in [5.74, 6) is 0.877. The van der Waals surface area contributed by atoms with Crippen molar-refractivity contribution in [1.29, 1.82) is 0 Å². The predicted molar refractivity (Wildman–Crippen MR) is 132 cm³/mol. The lowest BCUT2D eigenvalue weighted by molar-refractivity contribution is -0.0165. The third-order valence-electron chi connectivity index (χ3n) is 6.26. The standard InChI is InChI=1S/C27H32N4O4/c1-27(2,3)35-26(32)30-15-13-29(14-16-30)25(21-7-10-24-22(17-21)18-33-19-34-24)20-5-8-23(9-6-20)31-12-4-11-28-31/h4-12,17,25H,13-16,18-19H2,1-3H3. The SMILES string of the molecule is CC(C)(C)OC(=O)N1CCN(C(c2ccc(-n3cccn3)cc2)c2ccc3c(c2)COCO3)CC1. The van der Waals surface area contributed by atoms with Crippen LogP contribution in [0.4, 0.5) is 4.79 Å². The van der Waals surface area contributed by atoms with Gasteiger partial charge in [-0.15, -0.1) is 0 Å². The molecule has 3 heterocycles. The molecule has 1 atom stereocenters. The Morgan fingerprint density at radius 1 is 1.03 bits per heavy atom. The number of piperazine rings is 1. The highest BCUT2D eigenvalue weighted by Crippen LogP contribution is 2.34. The molecule has 8 nitrogen and oxygen atoms in total. The maximum atomic E-state index is 12.6. The molecular weight excluding hydrogens is 444 g/mol. The van der Waals surface area contributed by atoms with Crippen molar-refractivity contribution >= 4 is 6.09 Å². The van der Waals surface area contributed by atoms with E-state index in [1.54, 1.807) is 11.1 Å². The van der Waals surface area contributed by atoms with E-state index in [9.17, 15) is 4.79 Å². The summed E-state index contributed by atoms with van der Waals surface area (Å²) in [6, 6.07) is 16.8. The molecule has 35 heavy (non-hydrogen) atoms. The molecule has 0 aliphatic carbocycles. The zero-order valence-corrected chi connectivity index (χ0v) is 20.5. The molecular formula is C27H32N4O4. The number of hydrogen-bond acceptors (Lipinski definition) is 6. The largest absolute Gasteiger partial charge is 0.467 e. The maximum absolute atomic E-state index is 12.6. The average Bonchev–Trinajstić information content (AvgIpc) is 3.39. The van der Waals surface area contributed by atoms with Crippen LogP contribution in [0.25, 0.3) is 5.69 Å². The Balaban J connectivity index is 1.40. The third-order valence-corrected chi connectivity index (χ3v) is 6.26. The molecule has 3 aromatic rings. The molecule has 1 fully saturated rings. The highest BCUT2D eigenvalue weighted by Gasteiger charge is 2.31. The minimum atomic E-state index is -0.500. The van der Waals surface area contributed by atoms with Gasteiger partial charge in [-0.3, -0.25) is 4.90 Å². The summed E-state index contributed by atoms with van der Waals surface area (Å²) < 4.78 is 18.6. The van der Waals surface area contributed by atoms with Crippen molar-refractivity contribution in [3.63, 3.8) is 0 Å². The number of fused-ring (bicyclic) bond motifs is 1. The number of hydrogen-bond donors (Lipinski definition) is 0. The molecule has 2 aliphatic heterocycles. The first-order valence-electron chi connectivity index (χ1n) is 12.0. The number of aromatic nitrogens is 2. The van der Waals surface area contributed by atoms with Crippen molar-refractivity contribution in [1.82, 2.24) is 19.6 Å². The van der Waals surface area contributed by atoms with Gasteiger partial charge in [-0.2, -0.15) is 5.10 Å². The second kappa shape index (κ2) is 9.71. The number of carbonyl (C=O) groups excluding carboxylic acids is 1. The van der Waals surface area contributed by atoms with Gasteiger partial charge in [0.1, 0.15) is 11.4 Å². The fourth-order valence-corrected chi connectivity index (χ4v) is 4.61. The number of benzene rings is 2. The van der Waals surface area contributed by atoms with Gasteiger partial charge in [-0.05, 0) is 62.2 Å². The Morgan fingerprint density at radius 2 is 1.77 bits per heavy atom. The fourth-order valence-electron chi connectivity index (χ4n) is 4.61. The number of amides is 1. The number of rotatable bonds is 4. The van der Waals surface area contributed by atoms with Crippen LogP contribution in [-0.2, 0) is 16.1 Å². The summed E-state index contributed by atoms with van der Waals surface area (Å²) in [5.41, 5.74) is 3.93. The molecule has 0 N–H and O–H groups in total. The topological polar surface area (TPSA) is 69.1 Å². The van der Waals surface area contributed by atoms with Gasteiger partial charge in [0.25, 0.3) is 0 Å². The quantitative estimate of drug-likeness (QED) is 0.557. The minimum absolute atomic E-state index is 0.0367. The molecule has 0 bridgehead atoms. The van der Waals surface area contributed by atoms with Crippen LogP contribution in [0.2, 0.25) is 0 Å². The van der Waals surface area contributed by atoms with Gasteiger partial charge in [0.2, 0.25) is 0 Å². The van der Waals surface area contributed by atoms with Crippen molar-refractivity contribution in [2.24, 2.45) is 0 Å². The Kier molecular flexibility index (Phi) is 6.49. The summed E-state index contributed by atoms with van der Waals surface area (Å²) in [5, 5.41) is 4.34. The van der Waals surface area contributed by atoms with Crippen LogP contribution in [0.3, 0.4) is 0 Å². The average molecular weight is 477 g/mol. The van der Waals surface area contributed by atoms with Crippen molar-refractivity contribution in [2.75, 3.05) is 33.0 Å². The highest BCUT2D eigenvalue weighted by molar-refractivity contribution is 5.68. The Morgan fingerprint density at radius 3 is 2.46 bits per heavy atom. The van der Waals surface area contributed by atoms with Gasteiger partial charge in [-0.1, -0.05) is 18.2 Å². The lowest BCUT2D eigenvalue weighted by atomic mass is 9.94. The van der Waals surface area contributed by atoms with E-state index >= 15 is 0 Å². The summed E-state index contributed by atoms with van der Waals surface area (Å²) in [4.78, 5) is 16.8. The smallest absolute Gasteiger partial charge is 0.410 e. The Hall–Kier alpha value is -3.36. The molecule has 1 unspecified atom stereocenters. The van der Waals surface area contributed by atoms with Gasteiger partial charge in [-0.25, -0.2) is 9.48 Å². The Labute approximate surface area is 206 Å². The number of ether oxygens (including phenoxy) is 3. The van der Waals surface area contributed by atoms with Gasteiger partial charge in [0.05, 0.1) is 18.3 Å². The van der Waals surface area contributed by atoms with Crippen LogP contribution in [0.5, 0.6) is 5.75 Å². The molecule has 5 rings (SSSR count). The summed E-state index contributed by atoms with van der Waals surface area (Å²) in [6.45, 7) is 9.25. The van der Waals surface area contributed by atoms with Crippen molar-refractivity contribution < 1.29 is 19.0 Å². The van der Waals surface area contributed by atoms with Crippen molar-refractivity contribution in [3.8, 4) is 11.4 Å². The summed E-state index contributed by atoms with van der Waals surface area (Å²) in [7, 11) is 0. The number of nitrogens with zero attached hydrogens (tertiary/aromatic N) is 4. The van der Waals surface area contributed by atoms with Crippen molar-refractivity contribution in [2.45, 2.75) is 39.0 Å². The first-order chi connectivity index (χ1) is 16.9. The van der Waals surface area contributed by atoms with E-state index in [-0.39, 0.29) is 18.9 Å². The summed E-state index contributed by atoms with van der Waals surface area (Å²) in [6.07, 6.45) is 3.46. The molecule has 1 amide bonds. The molecule has 0 saturated carbocycles. The van der Waals surface area contributed by atoms with Gasteiger partial charge >= 0.3 is 6.09 Å². The molecule has 0 spiro atoms. The second-order valence-corrected chi connectivity index (χ2v) is 9.93. The molecule has 8 heteroatoms. The molecule has 2 aromatic carbocycles. The zero-order valence-electron chi connectivity index (χ0n) is 20.5. The van der Waals surface area contributed by atoms with Gasteiger partial charge in [0.15, 0.2) is 6.79 Å². The fraction of sp³-hybridized carbons (Fsp3) is 0.407. The molecule has 1 saturated heterocycles. The van der Waals surface area contributed by atoms with Crippen LogP contribution in [0.1, 0.15) is 43.5 Å². The monoisotopic (exact) mass is 476 g/mol. The Bertz CT molecular complexity index is 1150. The van der Waals surface area contributed by atoms with Gasteiger partial charge in [0, 0.05) is 44.1 Å². The van der Waals surface area contributed by atoms with Gasteiger partial charge < -0.3 is 19.1 Å². The normalized spacial score (nSPS) is 17.4. The van der Waals surface area contributed by atoms with E-state index in [2.05, 4.69) is 46.4 Å². The van der Waals surface area contributed by atoms with Crippen LogP contribution in [-0.4, -0.2) is 64.2 Å². The van der Waals surface area contributed by atoms with Crippen molar-refractivity contribution in [3.05, 3.63) is 77.6 Å². The minimum Gasteiger partial charge on any atom is -0.467 e. The second-order valence-electron chi connectivity index (χ2n) is 9.93. The third kappa shape index (κ3) is 5.33. The van der Waals surface area contributed by atoms with E-state index < -0.39 is 5.60 Å². The predicted octanol–water partition coefficient (Wildman–Crippen LogP) is 4.38. The highest BCUT2D eigenvalue weighted by atomic mass is 16.7. The summed E-state index contributed by atoms with van der Waals surface area (Å²) >= 11 is 0. The number of carbonyl (C=O) groups is 1. The molecule has 0 radical (unpaired) electrons. The van der Waals surface area contributed by atoms with E-state index in [4.69, 9.17) is 14.2 Å². The first-order valence-corrected chi connectivity index (χ1v) is 12.0. The lowest BCUT2D eigenvalue weighted by Crippen LogP contribution is -2.51. The van der Waals surface area contributed by atoms with Crippen LogP contribution >= 0.6 is 0 Å². The molecule has 2 aliphatic rings. The van der Waals surface area contributed by atoms with Crippen LogP contribution in [0, 0.1) is 0 Å². The van der Waals surface area contributed by atoms with Crippen LogP contribution in [0.15, 0.2) is 60.9 Å². The van der Waals surface area contributed by atoms with E-state index in [0.29, 0.717) is 19.7 Å². The molecule has 1 aromatic heterocycles. The van der Waals surface area contributed by atoms with Crippen LogP contribution < -0.4 is 4.74 Å². The zero-order chi connectivity index (χ0) is 24.4.